The van der Waals surface area contributed by atoms with Gasteiger partial charge < -0.3 is 34.0 Å². The Kier molecular flexibility index (Phi) is 35.9. The smallest absolute Gasteiger partial charge is 0.693 e. The number of hydrogen-bond donors (Lipinski definition) is 2. The molecule has 20 heavy (non-hydrogen) atoms. The van der Waals surface area contributed by atoms with E-state index in [1.54, 1.807) is 0 Å². The first-order chi connectivity index (χ1) is 7.86. The van der Waals surface area contributed by atoms with E-state index in [1.807, 2.05) is 0 Å². The molecule has 8 nitrogen and oxygen atoms in total. The van der Waals surface area contributed by atoms with Gasteiger partial charge in [-0.05, 0) is 0 Å². The number of rotatable bonds is 0. The minimum absolute atomic E-state index is 0. The van der Waals surface area contributed by atoms with Crippen molar-refractivity contribution in [1.29, 1.82) is 0 Å². The van der Waals surface area contributed by atoms with E-state index in [-0.39, 0.29) is 45.5 Å². The molecule has 0 aromatic rings. The predicted octanol–water partition coefficient (Wildman–Crippen LogP) is 4.37. The Morgan fingerprint density at radius 2 is 1.15 bits per heavy atom. The molecule has 0 aromatic carbocycles. The van der Waals surface area contributed by atoms with Gasteiger partial charge in [0.25, 0.3) is 0 Å². The van der Waals surface area contributed by atoms with Crippen LogP contribution in [0.1, 0.15) is 25.7 Å². The van der Waals surface area contributed by atoms with Crippen molar-refractivity contribution in [2.75, 3.05) is 0 Å². The van der Waals surface area contributed by atoms with Crippen LogP contribution in [0, 0.1) is 0 Å². The van der Waals surface area contributed by atoms with E-state index < -0.39 is 28.4 Å². The molecule has 0 bridgehead atoms. The van der Waals surface area contributed by atoms with Crippen molar-refractivity contribution in [3.05, 3.63) is 23.8 Å². The molecule has 8 N–H and O–H groups in total. The fourth-order valence-electron chi connectivity index (χ4n) is 1.13. The summed E-state index contributed by atoms with van der Waals surface area (Å²) in [6.45, 7) is 0. The Morgan fingerprint density at radius 1 is 0.950 bits per heavy atom. The number of nitrogens with two attached hydrogens (primary N) is 2. The molecule has 12 heteroatoms. The normalized spacial score (nSPS) is 19.2. The van der Waals surface area contributed by atoms with Crippen LogP contribution in [0.15, 0.2) is 0 Å². The van der Waals surface area contributed by atoms with Crippen molar-refractivity contribution in [2.45, 2.75) is 37.8 Å². The second kappa shape index (κ2) is 22.0. The summed E-state index contributed by atoms with van der Waals surface area (Å²) in [6, 6.07) is -0.160. The van der Waals surface area contributed by atoms with Gasteiger partial charge in [0.2, 0.25) is 0 Å². The third-order valence-electron chi connectivity index (χ3n) is 1.95. The molecule has 1 aliphatic carbocycles. The van der Waals surface area contributed by atoms with Crippen molar-refractivity contribution >= 4 is 30.8 Å². The topological polar surface area (TPSA) is 189 Å². The molecular formula is C8H18Cl2N4O4Pt2. The average molecular weight is 695 g/mol. The summed E-state index contributed by atoms with van der Waals surface area (Å²) >= 11 is -0.472. The summed E-state index contributed by atoms with van der Waals surface area (Å²) in [5.41, 5.74) is 14.6. The maximum Gasteiger partial charge on any atom is 2.00 e. The Balaban J connectivity index is -0.0000000571. The van der Waals surface area contributed by atoms with Crippen LogP contribution in [-0.2, 0) is 47.1 Å². The Bertz CT molecular complexity index is 221. The van der Waals surface area contributed by atoms with Crippen molar-refractivity contribution in [1.82, 2.24) is 0 Å². The molecule has 1 saturated carbocycles. The van der Waals surface area contributed by atoms with E-state index in [9.17, 15) is 0 Å². The summed E-state index contributed by atoms with van der Waals surface area (Å²) in [7, 11) is 9.75. The summed E-state index contributed by atoms with van der Waals surface area (Å²) in [4.78, 5) is 18.2. The summed E-state index contributed by atoms with van der Waals surface area (Å²) in [5, 5.41) is 14.8. The van der Waals surface area contributed by atoms with E-state index in [4.69, 9.17) is 50.1 Å². The van der Waals surface area contributed by atoms with E-state index in [0.29, 0.717) is 0 Å². The number of aliphatic carboxylic acids is 2. The zero-order chi connectivity index (χ0) is 13.8. The molecule has 0 radical (unpaired) electrons. The van der Waals surface area contributed by atoms with Gasteiger partial charge in [-0.2, -0.15) is 12.1 Å². The molecule has 0 spiro atoms. The Morgan fingerprint density at radius 3 is 1.25 bits per heavy atom. The van der Waals surface area contributed by atoms with E-state index in [0.717, 1.165) is 12.8 Å². The minimum Gasteiger partial charge on any atom is -0.693 e. The Hall–Kier alpha value is 0.737. The first kappa shape index (κ1) is 32.6. The number of nitrogens with one attached hydrogen (secondary N) is 2. The van der Waals surface area contributed by atoms with Crippen LogP contribution in [-0.4, -0.2) is 34.2 Å². The quantitative estimate of drug-likeness (QED) is 0.357. The van der Waals surface area contributed by atoms with Gasteiger partial charge in [0, 0.05) is 0 Å². The first-order valence-corrected chi connectivity index (χ1v) is 10.2. The number of carboxylic acids is 2. The summed E-state index contributed by atoms with van der Waals surface area (Å²) in [6.07, 6.45) is 4.25. The van der Waals surface area contributed by atoms with Gasteiger partial charge in [0.1, 0.15) is 0 Å². The summed E-state index contributed by atoms with van der Waals surface area (Å²) < 4.78 is 0. The second-order valence-electron chi connectivity index (χ2n) is 3.15. The van der Waals surface area contributed by atoms with Crippen LogP contribution < -0.4 is 0 Å². The van der Waals surface area contributed by atoms with Crippen LogP contribution in [0.4, 0.5) is 0 Å². The maximum absolute atomic E-state index is 9.10. The maximum atomic E-state index is 9.10. The third kappa shape index (κ3) is 23.8. The SMILES string of the molecule is O=C(O)C(=O)O.[Cl][Pt+2][Cl].[NH-][C@@H]1CCCC[C@H]1[NH-].[NH2-].[NH2-].[Pt+2]. The third-order valence-corrected chi connectivity index (χ3v) is 1.95. The van der Waals surface area contributed by atoms with Crippen LogP contribution in [0.3, 0.4) is 0 Å². The molecule has 0 saturated heterocycles. The van der Waals surface area contributed by atoms with Gasteiger partial charge in [-0.15, -0.1) is 0 Å². The van der Waals surface area contributed by atoms with Crippen molar-refractivity contribution in [3.63, 3.8) is 0 Å². The van der Waals surface area contributed by atoms with Gasteiger partial charge in [0.05, 0.1) is 0 Å². The largest absolute Gasteiger partial charge is 2.00 e. The first-order valence-electron chi connectivity index (χ1n) is 4.57. The van der Waals surface area contributed by atoms with Crippen molar-refractivity contribution < 1.29 is 57.3 Å². The fourth-order valence-corrected chi connectivity index (χ4v) is 1.13. The number of hydrogen-bond acceptors (Lipinski definition) is 2. The second-order valence-corrected chi connectivity index (χ2v) is 6.44. The van der Waals surface area contributed by atoms with Gasteiger partial charge in [-0.3, -0.25) is 0 Å². The van der Waals surface area contributed by atoms with Gasteiger partial charge in [-0.25, -0.2) is 9.59 Å². The zero-order valence-corrected chi connectivity index (χ0v) is 16.3. The molecule has 128 valence electrons. The zero-order valence-electron chi connectivity index (χ0n) is 10.2. The molecule has 0 aliphatic heterocycles. The minimum atomic E-state index is -1.82. The van der Waals surface area contributed by atoms with E-state index in [2.05, 4.69) is 0 Å². The van der Waals surface area contributed by atoms with Crippen LogP contribution in [0.25, 0.3) is 23.8 Å². The van der Waals surface area contributed by atoms with E-state index >= 15 is 0 Å². The molecule has 0 amide bonds. The van der Waals surface area contributed by atoms with Crippen LogP contribution in [0.5, 0.6) is 0 Å². The molecule has 1 aliphatic rings. The van der Waals surface area contributed by atoms with Crippen molar-refractivity contribution in [2.24, 2.45) is 0 Å². The molecule has 0 unspecified atom stereocenters. The van der Waals surface area contributed by atoms with Gasteiger partial charge in [0.15, 0.2) is 0 Å². The molecular weight excluding hydrogens is 677 g/mol. The molecule has 1 fully saturated rings. The molecule has 2 atom stereocenters. The standard InChI is InChI=1S/C6H12N2.C2H2O4.2ClH.2H2N.2Pt/c7-5-3-1-2-4-6(5)8;3-1(4)2(5)6;;;;;;/h5-8H,1-4H2;(H,3,4)(H,5,6);2*1H;2*1H2;;/q-2;;;;2*-1;+2;+4/p-2/t5-,6-;;;;;;;/m1......./s1. The van der Waals surface area contributed by atoms with Crippen LogP contribution in [0.2, 0.25) is 0 Å². The average Bonchev–Trinajstić information content (AvgIpc) is 2.24. The molecule has 1 rings (SSSR count). The molecule has 0 heterocycles. The fraction of sp³-hybridized carbons (Fsp3) is 0.750. The molecule has 0 aromatic heterocycles. The predicted molar refractivity (Wildman–Crippen MR) is 72.2 cm³/mol. The van der Waals surface area contributed by atoms with Gasteiger partial charge >= 0.3 is 68.3 Å². The number of carbonyl (C=O) groups is 2. The van der Waals surface area contributed by atoms with Gasteiger partial charge in [-0.1, -0.05) is 25.7 Å². The number of carboxylic acid groups (broad SMARTS) is 2. The number of halogens is 2. The van der Waals surface area contributed by atoms with E-state index in [1.165, 1.54) is 12.8 Å². The monoisotopic (exact) mass is 694 g/mol. The van der Waals surface area contributed by atoms with Crippen molar-refractivity contribution in [3.8, 4) is 0 Å². The van der Waals surface area contributed by atoms with Crippen LogP contribution >= 0.6 is 18.8 Å². The Labute approximate surface area is 149 Å². The summed E-state index contributed by atoms with van der Waals surface area (Å²) in [5.74, 6) is -3.65.